The first-order valence-corrected chi connectivity index (χ1v) is 4.88. The van der Waals surface area contributed by atoms with Crippen molar-refractivity contribution in [3.8, 4) is 0 Å². The molecule has 13 heavy (non-hydrogen) atoms. The van der Waals surface area contributed by atoms with Gasteiger partial charge in [-0.15, -0.1) is 0 Å². The molecule has 0 radical (unpaired) electrons. The van der Waals surface area contributed by atoms with Gasteiger partial charge >= 0.3 is 0 Å². The quantitative estimate of drug-likeness (QED) is 0.766. The molecule has 0 fully saturated rings. The van der Waals surface area contributed by atoms with Crippen LogP contribution in [0.4, 0.5) is 0 Å². The number of nitrogens with zero attached hydrogens (tertiary/aromatic N) is 1. The fraction of sp³-hybridized carbons (Fsp3) is 0.545. The highest BCUT2D eigenvalue weighted by Crippen LogP contribution is 2.10. The van der Waals surface area contributed by atoms with E-state index in [1.165, 1.54) is 5.56 Å². The molecule has 0 bridgehead atoms. The van der Waals surface area contributed by atoms with Gasteiger partial charge in [0.1, 0.15) is 0 Å². The molecule has 1 rings (SSSR count). The third-order valence-corrected chi connectivity index (χ3v) is 2.57. The van der Waals surface area contributed by atoms with Crippen LogP contribution in [-0.4, -0.2) is 11.0 Å². The van der Waals surface area contributed by atoms with E-state index in [4.69, 9.17) is 5.73 Å². The van der Waals surface area contributed by atoms with Crippen molar-refractivity contribution in [2.75, 3.05) is 0 Å². The molecule has 0 aliphatic rings. The van der Waals surface area contributed by atoms with Gasteiger partial charge < -0.3 is 5.73 Å². The van der Waals surface area contributed by atoms with Crippen molar-refractivity contribution in [2.45, 2.75) is 32.7 Å². The second-order valence-corrected chi connectivity index (χ2v) is 3.61. The average Bonchev–Trinajstić information content (AvgIpc) is 2.18. The summed E-state index contributed by atoms with van der Waals surface area (Å²) in [7, 11) is 0. The first-order valence-electron chi connectivity index (χ1n) is 4.88. The maximum absolute atomic E-state index is 6.03. The number of rotatable bonds is 4. The van der Waals surface area contributed by atoms with Gasteiger partial charge in [-0.2, -0.15) is 0 Å². The Morgan fingerprint density at radius 2 is 2.31 bits per heavy atom. The minimum atomic E-state index is 0.259. The lowest BCUT2D eigenvalue weighted by Gasteiger charge is -2.17. The Balaban J connectivity index is 2.50. The lowest BCUT2D eigenvalue weighted by atomic mass is 9.95. The molecule has 1 aromatic heterocycles. The Morgan fingerprint density at radius 1 is 1.54 bits per heavy atom. The molecule has 0 saturated heterocycles. The van der Waals surface area contributed by atoms with Crippen LogP contribution in [0.1, 0.15) is 25.8 Å². The number of nitrogens with two attached hydrogens (primary N) is 1. The van der Waals surface area contributed by atoms with Crippen molar-refractivity contribution in [3.63, 3.8) is 0 Å². The summed E-state index contributed by atoms with van der Waals surface area (Å²) in [6.07, 6.45) is 5.75. The summed E-state index contributed by atoms with van der Waals surface area (Å²) in [5.41, 5.74) is 7.26. The number of aromatic nitrogens is 1. The number of hydrogen-bond donors (Lipinski definition) is 1. The highest BCUT2D eigenvalue weighted by atomic mass is 14.7. The molecule has 0 spiro atoms. The normalized spacial score (nSPS) is 15.3. The molecule has 2 atom stereocenters. The zero-order valence-corrected chi connectivity index (χ0v) is 8.40. The van der Waals surface area contributed by atoms with Crippen LogP contribution in [0.15, 0.2) is 24.5 Å². The van der Waals surface area contributed by atoms with Crippen LogP contribution in [0.2, 0.25) is 0 Å². The smallest absolute Gasteiger partial charge is 0.0300 e. The minimum Gasteiger partial charge on any atom is -0.327 e. The SMILES string of the molecule is CCC(C)C(N)Cc1cccnc1. The highest BCUT2D eigenvalue weighted by molar-refractivity contribution is 5.10. The molecule has 1 aromatic rings. The molecule has 0 aromatic carbocycles. The van der Waals surface area contributed by atoms with Crippen molar-refractivity contribution in [3.05, 3.63) is 30.1 Å². The minimum absolute atomic E-state index is 0.259. The van der Waals surface area contributed by atoms with E-state index in [1.54, 1.807) is 6.20 Å². The van der Waals surface area contributed by atoms with E-state index >= 15 is 0 Å². The molecule has 2 nitrogen and oxygen atoms in total. The third kappa shape index (κ3) is 3.15. The maximum Gasteiger partial charge on any atom is 0.0300 e. The van der Waals surface area contributed by atoms with Gasteiger partial charge in [0.2, 0.25) is 0 Å². The van der Waals surface area contributed by atoms with Gasteiger partial charge in [-0.05, 0) is 24.0 Å². The zero-order valence-electron chi connectivity index (χ0n) is 8.40. The van der Waals surface area contributed by atoms with Gasteiger partial charge in [-0.1, -0.05) is 26.3 Å². The first-order chi connectivity index (χ1) is 6.24. The van der Waals surface area contributed by atoms with Crippen molar-refractivity contribution < 1.29 is 0 Å². The van der Waals surface area contributed by atoms with Crippen LogP contribution in [0.3, 0.4) is 0 Å². The van der Waals surface area contributed by atoms with Crippen molar-refractivity contribution in [2.24, 2.45) is 11.7 Å². The van der Waals surface area contributed by atoms with Gasteiger partial charge in [-0.3, -0.25) is 4.98 Å². The second kappa shape index (κ2) is 4.97. The van der Waals surface area contributed by atoms with Gasteiger partial charge in [0.05, 0.1) is 0 Å². The monoisotopic (exact) mass is 178 g/mol. The fourth-order valence-electron chi connectivity index (χ4n) is 1.29. The van der Waals surface area contributed by atoms with E-state index in [9.17, 15) is 0 Å². The fourth-order valence-corrected chi connectivity index (χ4v) is 1.29. The Bertz CT molecular complexity index is 233. The van der Waals surface area contributed by atoms with Crippen molar-refractivity contribution in [1.82, 2.24) is 4.98 Å². The van der Waals surface area contributed by atoms with Crippen LogP contribution in [0.25, 0.3) is 0 Å². The molecule has 0 amide bonds. The second-order valence-electron chi connectivity index (χ2n) is 3.61. The van der Waals surface area contributed by atoms with Gasteiger partial charge in [0, 0.05) is 18.4 Å². The van der Waals surface area contributed by atoms with Crippen LogP contribution >= 0.6 is 0 Å². The predicted molar refractivity (Wildman–Crippen MR) is 55.4 cm³/mol. The van der Waals surface area contributed by atoms with Crippen LogP contribution < -0.4 is 5.73 Å². The van der Waals surface area contributed by atoms with Crippen LogP contribution in [-0.2, 0) is 6.42 Å². The summed E-state index contributed by atoms with van der Waals surface area (Å²) in [6, 6.07) is 4.29. The molecule has 0 saturated carbocycles. The average molecular weight is 178 g/mol. The molecule has 1 heterocycles. The maximum atomic E-state index is 6.03. The van der Waals surface area contributed by atoms with E-state index in [2.05, 4.69) is 24.9 Å². The molecule has 0 aliphatic heterocycles. The Labute approximate surface area is 80.2 Å². The Morgan fingerprint density at radius 3 is 2.85 bits per heavy atom. The molecular weight excluding hydrogens is 160 g/mol. The molecule has 72 valence electrons. The lowest BCUT2D eigenvalue weighted by molar-refractivity contribution is 0.440. The van der Waals surface area contributed by atoms with Gasteiger partial charge in [-0.25, -0.2) is 0 Å². The molecule has 0 aliphatic carbocycles. The molecule has 2 N–H and O–H groups in total. The number of pyridine rings is 1. The van der Waals surface area contributed by atoms with Crippen molar-refractivity contribution in [1.29, 1.82) is 0 Å². The van der Waals surface area contributed by atoms with Crippen molar-refractivity contribution >= 4 is 0 Å². The Hall–Kier alpha value is -0.890. The summed E-state index contributed by atoms with van der Waals surface area (Å²) in [4.78, 5) is 4.07. The first kappa shape index (κ1) is 10.2. The highest BCUT2D eigenvalue weighted by Gasteiger charge is 2.10. The van der Waals surface area contributed by atoms with E-state index in [0.717, 1.165) is 12.8 Å². The predicted octanol–water partition coefficient (Wildman–Crippen LogP) is 2.00. The van der Waals surface area contributed by atoms with Gasteiger partial charge in [0.15, 0.2) is 0 Å². The summed E-state index contributed by atoms with van der Waals surface area (Å²) >= 11 is 0. The standard InChI is InChI=1S/C11H18N2/c1-3-9(2)11(12)7-10-5-4-6-13-8-10/h4-6,8-9,11H,3,7,12H2,1-2H3. The van der Waals surface area contributed by atoms with E-state index < -0.39 is 0 Å². The summed E-state index contributed by atoms with van der Waals surface area (Å²) < 4.78 is 0. The zero-order chi connectivity index (χ0) is 9.68. The number of hydrogen-bond acceptors (Lipinski definition) is 2. The van der Waals surface area contributed by atoms with E-state index in [1.807, 2.05) is 12.3 Å². The van der Waals surface area contributed by atoms with Gasteiger partial charge in [0.25, 0.3) is 0 Å². The molecular formula is C11H18N2. The van der Waals surface area contributed by atoms with E-state index in [0.29, 0.717) is 5.92 Å². The third-order valence-electron chi connectivity index (χ3n) is 2.57. The van der Waals surface area contributed by atoms with E-state index in [-0.39, 0.29) is 6.04 Å². The Kier molecular flexibility index (Phi) is 3.90. The molecule has 2 heteroatoms. The largest absolute Gasteiger partial charge is 0.327 e. The summed E-state index contributed by atoms with van der Waals surface area (Å²) in [5.74, 6) is 0.584. The topological polar surface area (TPSA) is 38.9 Å². The van der Waals surface area contributed by atoms with Crippen LogP contribution in [0, 0.1) is 5.92 Å². The van der Waals surface area contributed by atoms with Crippen LogP contribution in [0.5, 0.6) is 0 Å². The molecule has 2 unspecified atom stereocenters. The summed E-state index contributed by atoms with van der Waals surface area (Å²) in [6.45, 7) is 4.37. The lowest BCUT2D eigenvalue weighted by Crippen LogP contribution is -2.30. The summed E-state index contributed by atoms with van der Waals surface area (Å²) in [5, 5.41) is 0.